The first-order chi connectivity index (χ1) is 13.6. The Hall–Kier alpha value is -2.98. The average Bonchev–Trinajstić information content (AvgIpc) is 3.09. The highest BCUT2D eigenvalue weighted by molar-refractivity contribution is 6.21. The second kappa shape index (κ2) is 7.95. The summed E-state index contributed by atoms with van der Waals surface area (Å²) < 4.78 is 14.7. The molecule has 142 valence electrons. The van der Waals surface area contributed by atoms with Gasteiger partial charge in [-0.05, 0) is 29.7 Å². The van der Waals surface area contributed by atoms with Gasteiger partial charge in [0, 0.05) is 41.2 Å². The normalized spacial score (nSPS) is 12.5. The van der Waals surface area contributed by atoms with E-state index in [1.807, 2.05) is 72.9 Å². The first kappa shape index (κ1) is 18.4. The number of fused-ring (bicyclic) bond motifs is 2. The molecule has 0 aliphatic heterocycles. The van der Waals surface area contributed by atoms with Gasteiger partial charge in [-0.1, -0.05) is 60.7 Å². The molecule has 0 saturated heterocycles. The van der Waals surface area contributed by atoms with Crippen molar-refractivity contribution in [2.24, 2.45) is 0 Å². The average molecular weight is 381 g/mol. The molecule has 1 atom stereocenters. The van der Waals surface area contributed by atoms with Gasteiger partial charge in [-0.25, -0.2) is 4.39 Å². The number of halogens is 1. The molecular formula is C24H22FNO2. The van der Waals surface area contributed by atoms with E-state index in [4.69, 9.17) is 5.11 Å². The fourth-order valence-electron chi connectivity index (χ4n) is 3.78. The van der Waals surface area contributed by atoms with Crippen LogP contribution in [0.5, 0.6) is 0 Å². The molecule has 1 heterocycles. The molecule has 1 N–H and O–H groups in total. The molecule has 0 radical (unpaired) electrons. The van der Waals surface area contributed by atoms with Crippen LogP contribution in [0.25, 0.3) is 21.7 Å². The summed E-state index contributed by atoms with van der Waals surface area (Å²) in [5.74, 6) is 0.00549. The number of rotatable bonds is 7. The molecule has 4 heteroatoms. The fourth-order valence-corrected chi connectivity index (χ4v) is 3.78. The molecule has 0 aliphatic rings. The lowest BCUT2D eigenvalue weighted by molar-refractivity contribution is 0.0322. The minimum Gasteiger partial charge on any atom is -0.364 e. The monoisotopic (exact) mass is 381 g/mol. The summed E-state index contributed by atoms with van der Waals surface area (Å²) in [6, 6.07) is 21.6. The summed E-state index contributed by atoms with van der Waals surface area (Å²) in [5.41, 5.74) is 2.37. The molecular weight excluding hydrogens is 359 g/mol. The number of nitrogens with zero attached hydrogens (tertiary/aromatic N) is 1. The zero-order chi connectivity index (χ0) is 19.5. The van der Waals surface area contributed by atoms with Gasteiger partial charge in [0.1, 0.15) is 0 Å². The van der Waals surface area contributed by atoms with Crippen molar-refractivity contribution in [2.45, 2.75) is 32.2 Å². The highest BCUT2D eigenvalue weighted by atomic mass is 19.1. The third-order valence-corrected chi connectivity index (χ3v) is 5.16. The molecule has 3 aromatic carbocycles. The number of benzene rings is 3. The minimum atomic E-state index is -1.76. The van der Waals surface area contributed by atoms with Crippen molar-refractivity contribution in [1.29, 1.82) is 0 Å². The highest BCUT2D eigenvalue weighted by Crippen LogP contribution is 2.27. The number of aryl methyl sites for hydroxylation is 1. The van der Waals surface area contributed by atoms with Crippen LogP contribution in [0.3, 0.4) is 0 Å². The van der Waals surface area contributed by atoms with Crippen molar-refractivity contribution in [2.75, 3.05) is 0 Å². The molecule has 4 aromatic rings. The van der Waals surface area contributed by atoms with E-state index in [2.05, 4.69) is 4.57 Å². The minimum absolute atomic E-state index is 0.00549. The number of carbonyl (C=O) groups is 1. The topological polar surface area (TPSA) is 42.2 Å². The molecule has 0 amide bonds. The standard InChI is InChI=1S/C24H22FNO2/c25-23(27)14-5-6-15-26-16-21(19-11-3-4-13-22(19)26)24(28)20-12-7-9-17-8-1-2-10-18(17)20/h1-4,7-13,16,23,27H,5-6,14-15H2/i3+1,4+1,11+1,13+1,19+1,22+1. The van der Waals surface area contributed by atoms with Gasteiger partial charge in [0.25, 0.3) is 0 Å². The van der Waals surface area contributed by atoms with E-state index >= 15 is 0 Å². The Morgan fingerprint density at radius 3 is 2.43 bits per heavy atom. The van der Waals surface area contributed by atoms with Crippen LogP contribution in [-0.2, 0) is 6.54 Å². The van der Waals surface area contributed by atoms with Gasteiger partial charge in [0.2, 0.25) is 0 Å². The Bertz CT molecular complexity index is 1120. The zero-order valence-electron chi connectivity index (χ0n) is 15.5. The number of carbonyl (C=O) groups excluding carboxylic acids is 1. The van der Waals surface area contributed by atoms with Crippen LogP contribution in [0, 0.1) is 0 Å². The largest absolute Gasteiger partial charge is 0.364 e. The Morgan fingerprint density at radius 2 is 1.61 bits per heavy atom. The maximum Gasteiger partial charge on any atom is 0.196 e. The molecule has 0 bridgehead atoms. The molecule has 0 saturated carbocycles. The molecule has 1 aromatic heterocycles. The Morgan fingerprint density at radius 1 is 0.893 bits per heavy atom. The number of hydrogen-bond acceptors (Lipinski definition) is 2. The second-order valence-corrected chi connectivity index (χ2v) is 7.04. The lowest BCUT2D eigenvalue weighted by Gasteiger charge is -2.05. The van der Waals surface area contributed by atoms with Crippen LogP contribution in [0.1, 0.15) is 35.2 Å². The molecule has 0 spiro atoms. The van der Waals surface area contributed by atoms with Crippen LogP contribution in [0.15, 0.2) is 72.9 Å². The van der Waals surface area contributed by atoms with E-state index in [1.165, 1.54) is 0 Å². The molecule has 0 aliphatic carbocycles. The predicted octanol–water partition coefficient (Wildman–Crippen LogP) is 5.48. The number of ketones is 1. The Labute approximate surface area is 163 Å². The van der Waals surface area contributed by atoms with E-state index < -0.39 is 6.36 Å². The molecule has 3 nitrogen and oxygen atoms in total. The zero-order valence-corrected chi connectivity index (χ0v) is 15.5. The number of aliphatic hydroxyl groups is 1. The van der Waals surface area contributed by atoms with Crippen molar-refractivity contribution < 1.29 is 14.3 Å². The number of para-hydroxylation sites is 1. The summed E-state index contributed by atoms with van der Waals surface area (Å²) in [5, 5.41) is 11.7. The van der Waals surface area contributed by atoms with E-state index in [0.29, 0.717) is 24.1 Å². The van der Waals surface area contributed by atoms with Gasteiger partial charge >= 0.3 is 0 Å². The highest BCUT2D eigenvalue weighted by Gasteiger charge is 2.18. The van der Waals surface area contributed by atoms with Gasteiger partial charge in [0.15, 0.2) is 12.1 Å². The van der Waals surface area contributed by atoms with E-state index in [1.54, 1.807) is 0 Å². The number of aliphatic hydroxyl groups excluding tert-OH is 1. The van der Waals surface area contributed by atoms with Gasteiger partial charge < -0.3 is 9.67 Å². The lowest BCUT2D eigenvalue weighted by atomic mass is 10.00. The van der Waals surface area contributed by atoms with Crippen molar-refractivity contribution in [1.82, 2.24) is 4.57 Å². The van der Waals surface area contributed by atoms with Crippen LogP contribution in [0.4, 0.5) is 4.39 Å². The van der Waals surface area contributed by atoms with Gasteiger partial charge in [-0.2, -0.15) is 0 Å². The van der Waals surface area contributed by atoms with Crippen LogP contribution in [-0.4, -0.2) is 21.8 Å². The van der Waals surface area contributed by atoms with Crippen LogP contribution >= 0.6 is 0 Å². The summed E-state index contributed by atoms with van der Waals surface area (Å²) in [7, 11) is 0. The third-order valence-electron chi connectivity index (χ3n) is 5.16. The van der Waals surface area contributed by atoms with E-state index in [9.17, 15) is 9.18 Å². The lowest BCUT2D eigenvalue weighted by Crippen LogP contribution is -2.02. The molecule has 4 rings (SSSR count). The second-order valence-electron chi connectivity index (χ2n) is 7.04. The predicted molar refractivity (Wildman–Crippen MR) is 110 cm³/mol. The molecule has 28 heavy (non-hydrogen) atoms. The van der Waals surface area contributed by atoms with Gasteiger partial charge in [-0.15, -0.1) is 0 Å². The summed E-state index contributed by atoms with van der Waals surface area (Å²) >= 11 is 0. The number of unbranched alkanes of at least 4 members (excludes halogenated alkanes) is 1. The Balaban J connectivity index is 1.71. The van der Waals surface area contributed by atoms with Crippen molar-refractivity contribution >= 4 is 27.5 Å². The number of hydrogen-bond donors (Lipinski definition) is 1. The molecule has 0 fully saturated rings. The fraction of sp³-hybridized carbons (Fsp3) is 0.208. The van der Waals surface area contributed by atoms with E-state index in [0.717, 1.165) is 28.1 Å². The van der Waals surface area contributed by atoms with Crippen molar-refractivity contribution in [3.63, 3.8) is 0 Å². The van der Waals surface area contributed by atoms with Crippen molar-refractivity contribution in [3.8, 4) is 0 Å². The molecule has 1 unspecified atom stereocenters. The SMILES string of the molecule is O=C(c1cccc2ccccc12)c1cn(CCCCC(O)F)[13c]2[13cH][13cH][13cH][13cH][13c]12. The maximum atomic E-state index is 13.4. The van der Waals surface area contributed by atoms with Crippen LogP contribution < -0.4 is 0 Å². The summed E-state index contributed by atoms with van der Waals surface area (Å²) in [6.07, 6.45) is 1.62. The first-order valence-corrected chi connectivity index (χ1v) is 9.57. The van der Waals surface area contributed by atoms with Crippen LogP contribution in [0.2, 0.25) is 0 Å². The summed E-state index contributed by atoms with van der Waals surface area (Å²) in [4.78, 5) is 13.4. The number of aromatic nitrogens is 1. The first-order valence-electron chi connectivity index (χ1n) is 9.57. The number of alkyl halides is 1. The van der Waals surface area contributed by atoms with Gasteiger partial charge in [0.05, 0.1) is 0 Å². The maximum absolute atomic E-state index is 13.4. The van der Waals surface area contributed by atoms with E-state index in [-0.39, 0.29) is 12.2 Å². The van der Waals surface area contributed by atoms with Gasteiger partial charge in [-0.3, -0.25) is 4.79 Å². The summed E-state index contributed by atoms with van der Waals surface area (Å²) in [6.45, 7) is 0.677. The van der Waals surface area contributed by atoms with Crippen molar-refractivity contribution in [3.05, 3.63) is 84.1 Å². The Kier molecular flexibility index (Phi) is 5.22. The third kappa shape index (κ3) is 3.56. The quantitative estimate of drug-likeness (QED) is 0.340. The smallest absolute Gasteiger partial charge is 0.196 e.